The number of nitrogens with zero attached hydrogens (tertiary/aromatic N) is 2. The van der Waals surface area contributed by atoms with E-state index in [0.717, 1.165) is 10.2 Å². The second-order valence-electron chi connectivity index (χ2n) is 4.71. The van der Waals surface area contributed by atoms with E-state index in [1.807, 2.05) is 24.6 Å². The lowest BCUT2D eigenvalue weighted by Gasteiger charge is -1.95. The van der Waals surface area contributed by atoms with Crippen molar-refractivity contribution in [3.8, 4) is 0 Å². The average molecular weight is 298 g/mol. The van der Waals surface area contributed by atoms with E-state index in [-0.39, 0.29) is 5.91 Å². The molecular formula is C16H14N2O2S. The lowest BCUT2D eigenvalue weighted by atomic mass is 10.2. The maximum absolute atomic E-state index is 11.9. The maximum Gasteiger partial charge on any atom is 0.272 e. The Hall–Kier alpha value is -2.40. The van der Waals surface area contributed by atoms with Crippen LogP contribution in [0, 0.1) is 6.92 Å². The van der Waals surface area contributed by atoms with E-state index in [2.05, 4.69) is 17.1 Å². The second kappa shape index (κ2) is 5.54. The van der Waals surface area contributed by atoms with Crippen molar-refractivity contribution in [3.63, 3.8) is 0 Å². The number of fused-ring (bicyclic) bond motifs is 1. The van der Waals surface area contributed by atoms with Gasteiger partial charge in [-0.1, -0.05) is 17.4 Å². The highest BCUT2D eigenvalue weighted by atomic mass is 32.1. The Morgan fingerprint density at radius 3 is 3.00 bits per heavy atom. The molecule has 0 bridgehead atoms. The number of furan rings is 1. The normalized spacial score (nSPS) is 12.6. The van der Waals surface area contributed by atoms with Crippen LogP contribution in [0.2, 0.25) is 0 Å². The van der Waals surface area contributed by atoms with Gasteiger partial charge in [-0.15, -0.1) is 0 Å². The topological polar surface area (TPSA) is 47.5 Å². The van der Waals surface area contributed by atoms with Crippen molar-refractivity contribution in [1.82, 2.24) is 4.57 Å². The number of aryl methyl sites for hydroxylation is 2. The molecule has 2 heterocycles. The van der Waals surface area contributed by atoms with Crippen LogP contribution in [0.4, 0.5) is 0 Å². The number of hydrogen-bond acceptors (Lipinski definition) is 3. The number of amides is 1. The van der Waals surface area contributed by atoms with Gasteiger partial charge < -0.3 is 8.98 Å². The largest absolute Gasteiger partial charge is 0.465 e. The third kappa shape index (κ3) is 2.87. The van der Waals surface area contributed by atoms with E-state index in [1.165, 1.54) is 23.0 Å². The zero-order chi connectivity index (χ0) is 14.8. The van der Waals surface area contributed by atoms with E-state index in [0.29, 0.717) is 10.6 Å². The Balaban J connectivity index is 1.95. The molecule has 0 spiro atoms. The minimum atomic E-state index is -0.301. The zero-order valence-corrected chi connectivity index (χ0v) is 12.6. The Kier molecular flexibility index (Phi) is 3.58. The number of thiazole rings is 1. The van der Waals surface area contributed by atoms with Crippen LogP contribution < -0.4 is 4.80 Å². The summed E-state index contributed by atoms with van der Waals surface area (Å²) in [7, 11) is 1.91. The summed E-state index contributed by atoms with van der Waals surface area (Å²) in [6, 6.07) is 9.75. The van der Waals surface area contributed by atoms with Gasteiger partial charge in [0.2, 0.25) is 0 Å². The molecule has 1 aromatic carbocycles. The number of aromatic nitrogens is 1. The van der Waals surface area contributed by atoms with Crippen LogP contribution in [-0.2, 0) is 11.8 Å². The third-order valence-electron chi connectivity index (χ3n) is 3.10. The molecule has 0 aliphatic rings. The molecule has 0 fully saturated rings. The Morgan fingerprint density at radius 2 is 2.24 bits per heavy atom. The fraction of sp³-hybridized carbons (Fsp3) is 0.125. The van der Waals surface area contributed by atoms with Crippen molar-refractivity contribution < 1.29 is 9.21 Å². The number of carbonyl (C=O) groups is 1. The van der Waals surface area contributed by atoms with Crippen molar-refractivity contribution >= 4 is 33.5 Å². The van der Waals surface area contributed by atoms with Gasteiger partial charge in [-0.3, -0.25) is 4.79 Å². The SMILES string of the molecule is Cc1ccc2c(c1)sc(=NC(=O)/C=C/c1ccco1)n2C. The predicted octanol–water partition coefficient (Wildman–Crippen LogP) is 3.28. The van der Waals surface area contributed by atoms with Crippen LogP contribution in [0.1, 0.15) is 11.3 Å². The number of rotatable bonds is 2. The molecule has 0 N–H and O–H groups in total. The molecule has 0 aliphatic carbocycles. The summed E-state index contributed by atoms with van der Waals surface area (Å²) >= 11 is 1.51. The molecule has 0 radical (unpaired) electrons. The maximum atomic E-state index is 11.9. The molecule has 106 valence electrons. The van der Waals surface area contributed by atoms with Gasteiger partial charge in [0.25, 0.3) is 5.91 Å². The fourth-order valence-electron chi connectivity index (χ4n) is 2.02. The first kappa shape index (κ1) is 13.6. The number of benzene rings is 1. The summed E-state index contributed by atoms with van der Waals surface area (Å²) in [6.07, 6.45) is 4.59. The van der Waals surface area contributed by atoms with E-state index >= 15 is 0 Å². The Morgan fingerprint density at radius 1 is 1.38 bits per heavy atom. The van der Waals surface area contributed by atoms with Crippen LogP contribution in [0.15, 0.2) is 52.1 Å². The van der Waals surface area contributed by atoms with Gasteiger partial charge in [-0.25, -0.2) is 0 Å². The minimum Gasteiger partial charge on any atom is -0.465 e. The summed E-state index contributed by atoms with van der Waals surface area (Å²) in [6.45, 7) is 2.05. The highest BCUT2D eigenvalue weighted by Gasteiger charge is 2.03. The van der Waals surface area contributed by atoms with Crippen molar-refractivity contribution in [2.24, 2.45) is 12.0 Å². The summed E-state index contributed by atoms with van der Waals surface area (Å²) < 4.78 is 8.19. The lowest BCUT2D eigenvalue weighted by Crippen LogP contribution is -2.12. The average Bonchev–Trinajstić information content (AvgIpc) is 3.06. The number of carbonyl (C=O) groups excluding carboxylic acids is 1. The molecular weight excluding hydrogens is 284 g/mol. The predicted molar refractivity (Wildman–Crippen MR) is 83.8 cm³/mol. The quantitative estimate of drug-likeness (QED) is 0.682. The molecule has 0 aliphatic heterocycles. The smallest absolute Gasteiger partial charge is 0.272 e. The highest BCUT2D eigenvalue weighted by molar-refractivity contribution is 7.16. The molecule has 1 amide bonds. The van der Waals surface area contributed by atoms with Crippen LogP contribution in [0.3, 0.4) is 0 Å². The van der Waals surface area contributed by atoms with Gasteiger partial charge in [0.05, 0.1) is 16.5 Å². The van der Waals surface area contributed by atoms with E-state index in [1.54, 1.807) is 24.5 Å². The molecule has 0 atom stereocenters. The van der Waals surface area contributed by atoms with E-state index in [9.17, 15) is 4.79 Å². The van der Waals surface area contributed by atoms with Gasteiger partial charge in [0, 0.05) is 13.1 Å². The fourth-order valence-corrected chi connectivity index (χ4v) is 3.14. The minimum absolute atomic E-state index is 0.301. The van der Waals surface area contributed by atoms with Crippen molar-refractivity contribution in [3.05, 3.63) is 58.8 Å². The Bertz CT molecular complexity index is 883. The second-order valence-corrected chi connectivity index (χ2v) is 5.72. The molecule has 0 saturated carbocycles. The monoisotopic (exact) mass is 298 g/mol. The van der Waals surface area contributed by atoms with E-state index < -0.39 is 0 Å². The molecule has 21 heavy (non-hydrogen) atoms. The molecule has 0 saturated heterocycles. The van der Waals surface area contributed by atoms with Crippen LogP contribution in [0.5, 0.6) is 0 Å². The molecule has 4 nitrogen and oxygen atoms in total. The van der Waals surface area contributed by atoms with Crippen molar-refractivity contribution in [2.75, 3.05) is 0 Å². The highest BCUT2D eigenvalue weighted by Crippen LogP contribution is 2.17. The van der Waals surface area contributed by atoms with Gasteiger partial charge in [0.1, 0.15) is 5.76 Å². The van der Waals surface area contributed by atoms with Crippen LogP contribution in [0.25, 0.3) is 16.3 Å². The van der Waals surface area contributed by atoms with Gasteiger partial charge >= 0.3 is 0 Å². The van der Waals surface area contributed by atoms with E-state index in [4.69, 9.17) is 4.42 Å². The van der Waals surface area contributed by atoms with Gasteiger partial charge in [0.15, 0.2) is 4.80 Å². The van der Waals surface area contributed by atoms with Gasteiger partial charge in [-0.05, 0) is 42.8 Å². The van der Waals surface area contributed by atoms with Gasteiger partial charge in [-0.2, -0.15) is 4.99 Å². The molecule has 3 aromatic rings. The first-order valence-electron chi connectivity index (χ1n) is 6.50. The summed E-state index contributed by atoms with van der Waals surface area (Å²) in [4.78, 5) is 16.7. The van der Waals surface area contributed by atoms with Crippen molar-refractivity contribution in [1.29, 1.82) is 0 Å². The van der Waals surface area contributed by atoms with Crippen molar-refractivity contribution in [2.45, 2.75) is 6.92 Å². The molecule has 0 unspecified atom stereocenters. The molecule has 3 rings (SSSR count). The Labute approximate surface area is 125 Å². The van der Waals surface area contributed by atoms with Crippen LogP contribution >= 0.6 is 11.3 Å². The first-order chi connectivity index (χ1) is 10.1. The zero-order valence-electron chi connectivity index (χ0n) is 11.7. The first-order valence-corrected chi connectivity index (χ1v) is 7.31. The summed E-state index contributed by atoms with van der Waals surface area (Å²) in [5, 5.41) is 0. The standard InChI is InChI=1S/C16H14N2O2S/c1-11-5-7-13-14(10-11)21-16(18(13)2)17-15(19)8-6-12-4-3-9-20-12/h3-10H,1-2H3/b8-6+,17-16?. The van der Waals surface area contributed by atoms with Crippen LogP contribution in [-0.4, -0.2) is 10.5 Å². The third-order valence-corrected chi connectivity index (χ3v) is 4.20. The lowest BCUT2D eigenvalue weighted by molar-refractivity contribution is -0.113. The summed E-state index contributed by atoms with van der Waals surface area (Å²) in [5.41, 5.74) is 2.27. The molecule has 2 aromatic heterocycles. The molecule has 5 heteroatoms. The summed E-state index contributed by atoms with van der Waals surface area (Å²) in [5.74, 6) is 0.333. The number of hydrogen-bond donors (Lipinski definition) is 0.